The first-order valence-electron chi connectivity index (χ1n) is 5.37. The molecule has 0 amide bonds. The number of rotatable bonds is 3. The topological polar surface area (TPSA) is 76.3 Å². The molecule has 0 aromatic carbocycles. The van der Waals surface area contributed by atoms with Gasteiger partial charge in [-0.15, -0.1) is 0 Å². The Kier molecular flexibility index (Phi) is 4.03. The van der Waals surface area contributed by atoms with Crippen molar-refractivity contribution < 1.29 is 8.42 Å². The summed E-state index contributed by atoms with van der Waals surface area (Å²) in [4.78, 5) is 3.98. The smallest absolute Gasteiger partial charge is 0.260 e. The Morgan fingerprint density at radius 1 is 1.35 bits per heavy atom. The Balaban J connectivity index is 2.23. The van der Waals surface area contributed by atoms with Gasteiger partial charge in [0.25, 0.3) is 10.0 Å². The summed E-state index contributed by atoms with van der Waals surface area (Å²) in [5.74, 6) is 1.69. The third-order valence-corrected chi connectivity index (χ3v) is 5.37. The largest absolute Gasteiger partial charge is 0.326 e. The molecule has 94 valence electrons. The first-order valence-corrected chi connectivity index (χ1v) is 7.97. The van der Waals surface area contributed by atoms with Crippen molar-refractivity contribution in [1.29, 1.82) is 0 Å². The molecule has 0 bridgehead atoms. The van der Waals surface area contributed by atoms with Crippen LogP contribution in [0.2, 0.25) is 0 Å². The third kappa shape index (κ3) is 2.79. The zero-order chi connectivity index (χ0) is 12.3. The van der Waals surface area contributed by atoms with Crippen molar-refractivity contribution in [3.05, 3.63) is 23.9 Å². The molecule has 1 aromatic rings. The summed E-state index contributed by atoms with van der Waals surface area (Å²) >= 11 is 1.77. The summed E-state index contributed by atoms with van der Waals surface area (Å²) in [7, 11) is -3.42. The van der Waals surface area contributed by atoms with Crippen LogP contribution in [-0.2, 0) is 16.6 Å². The van der Waals surface area contributed by atoms with E-state index in [2.05, 4.69) is 4.98 Å². The first-order chi connectivity index (χ1) is 8.14. The maximum atomic E-state index is 12.2. The van der Waals surface area contributed by atoms with Crippen LogP contribution in [0.25, 0.3) is 0 Å². The van der Waals surface area contributed by atoms with Gasteiger partial charge in [-0.1, -0.05) is 6.07 Å². The van der Waals surface area contributed by atoms with Crippen molar-refractivity contribution in [2.24, 2.45) is 5.73 Å². The maximum Gasteiger partial charge on any atom is 0.260 e. The summed E-state index contributed by atoms with van der Waals surface area (Å²) in [5.41, 5.74) is 6.28. The molecule has 0 spiro atoms. The Labute approximate surface area is 105 Å². The van der Waals surface area contributed by atoms with E-state index in [1.54, 1.807) is 17.8 Å². The second-order valence-electron chi connectivity index (χ2n) is 3.73. The lowest BCUT2D eigenvalue weighted by atomic mass is 10.3. The van der Waals surface area contributed by atoms with Crippen LogP contribution in [-0.4, -0.2) is 42.3 Å². The summed E-state index contributed by atoms with van der Waals surface area (Å²) < 4.78 is 25.9. The minimum absolute atomic E-state index is 0.113. The SMILES string of the molecule is NCc1ccc(S(=O)(=O)N2CCSCC2)nc1. The minimum Gasteiger partial charge on any atom is -0.326 e. The molecule has 1 aliphatic heterocycles. The lowest BCUT2D eigenvalue weighted by molar-refractivity contribution is 0.441. The highest BCUT2D eigenvalue weighted by Crippen LogP contribution is 2.18. The van der Waals surface area contributed by atoms with Gasteiger partial charge in [0.2, 0.25) is 0 Å². The van der Waals surface area contributed by atoms with Gasteiger partial charge >= 0.3 is 0 Å². The van der Waals surface area contributed by atoms with E-state index in [0.29, 0.717) is 19.6 Å². The van der Waals surface area contributed by atoms with Crippen molar-refractivity contribution in [3.63, 3.8) is 0 Å². The fourth-order valence-electron chi connectivity index (χ4n) is 1.60. The second kappa shape index (κ2) is 5.34. The van der Waals surface area contributed by atoms with Gasteiger partial charge in [-0.2, -0.15) is 16.1 Å². The molecule has 2 heterocycles. The molecule has 0 atom stereocenters. The van der Waals surface area contributed by atoms with E-state index >= 15 is 0 Å². The lowest BCUT2D eigenvalue weighted by Crippen LogP contribution is -2.38. The van der Waals surface area contributed by atoms with Crippen molar-refractivity contribution in [2.45, 2.75) is 11.6 Å². The molecule has 7 heteroatoms. The van der Waals surface area contributed by atoms with Crippen molar-refractivity contribution in [3.8, 4) is 0 Å². The van der Waals surface area contributed by atoms with Crippen molar-refractivity contribution >= 4 is 21.8 Å². The standard InChI is InChI=1S/C10H15N3O2S2/c11-7-9-1-2-10(12-8-9)17(14,15)13-3-5-16-6-4-13/h1-2,8H,3-7,11H2. The number of sulfonamides is 1. The number of pyridine rings is 1. The normalized spacial score (nSPS) is 18.2. The molecule has 0 unspecified atom stereocenters. The summed E-state index contributed by atoms with van der Waals surface area (Å²) in [6.07, 6.45) is 1.52. The number of aromatic nitrogens is 1. The highest BCUT2D eigenvalue weighted by atomic mass is 32.2. The fraction of sp³-hybridized carbons (Fsp3) is 0.500. The molecular weight excluding hydrogens is 258 g/mol. The van der Waals surface area contributed by atoms with E-state index < -0.39 is 10.0 Å². The van der Waals surface area contributed by atoms with Crippen LogP contribution in [0.5, 0.6) is 0 Å². The average molecular weight is 273 g/mol. The Hall–Kier alpha value is -0.630. The Morgan fingerprint density at radius 3 is 2.59 bits per heavy atom. The molecule has 0 radical (unpaired) electrons. The molecule has 0 saturated carbocycles. The first kappa shape index (κ1) is 12.8. The Morgan fingerprint density at radius 2 is 2.06 bits per heavy atom. The number of thioether (sulfide) groups is 1. The molecule has 5 nitrogen and oxygen atoms in total. The van der Waals surface area contributed by atoms with E-state index in [4.69, 9.17) is 5.73 Å². The monoisotopic (exact) mass is 273 g/mol. The predicted molar refractivity (Wildman–Crippen MR) is 68.2 cm³/mol. The minimum atomic E-state index is -3.42. The molecule has 1 aliphatic rings. The van der Waals surface area contributed by atoms with Gasteiger partial charge in [0.15, 0.2) is 5.03 Å². The van der Waals surface area contributed by atoms with Gasteiger partial charge in [0.05, 0.1) is 0 Å². The number of hydrogen-bond acceptors (Lipinski definition) is 5. The van der Waals surface area contributed by atoms with E-state index in [1.165, 1.54) is 16.6 Å². The Bertz CT molecular complexity index is 467. The van der Waals surface area contributed by atoms with Crippen LogP contribution in [0.15, 0.2) is 23.4 Å². The molecule has 0 aliphatic carbocycles. The third-order valence-electron chi connectivity index (χ3n) is 2.61. The van der Waals surface area contributed by atoms with E-state index in [-0.39, 0.29) is 5.03 Å². The molecule has 1 saturated heterocycles. The van der Waals surface area contributed by atoms with Crippen LogP contribution >= 0.6 is 11.8 Å². The molecule has 17 heavy (non-hydrogen) atoms. The molecule has 1 aromatic heterocycles. The van der Waals surface area contributed by atoms with Crippen LogP contribution in [0.4, 0.5) is 0 Å². The highest BCUT2D eigenvalue weighted by molar-refractivity contribution is 7.99. The van der Waals surface area contributed by atoms with Gasteiger partial charge in [-0.25, -0.2) is 13.4 Å². The highest BCUT2D eigenvalue weighted by Gasteiger charge is 2.26. The summed E-state index contributed by atoms with van der Waals surface area (Å²) in [6.45, 7) is 1.49. The van der Waals surface area contributed by atoms with Crippen molar-refractivity contribution in [2.75, 3.05) is 24.6 Å². The van der Waals surface area contributed by atoms with E-state index in [9.17, 15) is 8.42 Å². The van der Waals surface area contributed by atoms with Crippen LogP contribution in [0.3, 0.4) is 0 Å². The predicted octanol–water partition coefficient (Wildman–Crippen LogP) is 0.278. The van der Waals surface area contributed by atoms with E-state index in [1.807, 2.05) is 0 Å². The lowest BCUT2D eigenvalue weighted by Gasteiger charge is -2.25. The van der Waals surface area contributed by atoms with Gasteiger partial charge < -0.3 is 5.73 Å². The number of nitrogens with two attached hydrogens (primary N) is 1. The zero-order valence-electron chi connectivity index (χ0n) is 9.37. The van der Waals surface area contributed by atoms with Crippen LogP contribution in [0, 0.1) is 0 Å². The van der Waals surface area contributed by atoms with Gasteiger partial charge in [0, 0.05) is 37.3 Å². The number of hydrogen-bond donors (Lipinski definition) is 1. The molecule has 2 rings (SSSR count). The number of nitrogens with zero attached hydrogens (tertiary/aromatic N) is 2. The average Bonchev–Trinajstić information content (AvgIpc) is 2.40. The maximum absolute atomic E-state index is 12.2. The fourth-order valence-corrected chi connectivity index (χ4v) is 4.09. The van der Waals surface area contributed by atoms with E-state index in [0.717, 1.165) is 17.1 Å². The molecule has 1 fully saturated rings. The quantitative estimate of drug-likeness (QED) is 0.856. The second-order valence-corrected chi connectivity index (χ2v) is 6.83. The zero-order valence-corrected chi connectivity index (χ0v) is 11.0. The van der Waals surface area contributed by atoms with Crippen molar-refractivity contribution in [1.82, 2.24) is 9.29 Å². The molecule has 2 N–H and O–H groups in total. The van der Waals surface area contributed by atoms with Crippen LogP contribution in [0.1, 0.15) is 5.56 Å². The van der Waals surface area contributed by atoms with Crippen LogP contribution < -0.4 is 5.73 Å². The summed E-state index contributed by atoms with van der Waals surface area (Å²) in [6, 6.07) is 3.23. The van der Waals surface area contributed by atoms with Gasteiger partial charge in [-0.05, 0) is 11.6 Å². The molecular formula is C10H15N3O2S2. The van der Waals surface area contributed by atoms with Gasteiger partial charge in [0.1, 0.15) is 0 Å². The van der Waals surface area contributed by atoms with Gasteiger partial charge in [-0.3, -0.25) is 0 Å². The summed E-state index contributed by atoms with van der Waals surface area (Å²) in [5, 5.41) is 0.113.